The number of ether oxygens (including phenoxy) is 1. The molecule has 0 unspecified atom stereocenters. The predicted molar refractivity (Wildman–Crippen MR) is 130 cm³/mol. The average molecular weight is 515 g/mol. The van der Waals surface area contributed by atoms with Crippen molar-refractivity contribution in [3.05, 3.63) is 35.2 Å². The first-order valence-electron chi connectivity index (χ1n) is 12.3. The van der Waals surface area contributed by atoms with E-state index in [0.29, 0.717) is 10.9 Å². The maximum absolute atomic E-state index is 13.7. The first kappa shape index (κ1) is 23.1. The molecular formula is C25H27ClN4O4S. The van der Waals surface area contributed by atoms with Crippen LogP contribution in [0.25, 0.3) is 10.4 Å². The van der Waals surface area contributed by atoms with Crippen molar-refractivity contribution in [2.24, 2.45) is 5.92 Å². The van der Waals surface area contributed by atoms with Crippen LogP contribution in [0.4, 0.5) is 0 Å². The van der Waals surface area contributed by atoms with E-state index in [4.69, 9.17) is 16.3 Å². The molecule has 8 nitrogen and oxygen atoms in total. The van der Waals surface area contributed by atoms with Crippen LogP contribution in [0.2, 0.25) is 0 Å². The second kappa shape index (κ2) is 9.26. The number of amides is 2. The number of hydrogen-bond acceptors (Lipinski definition) is 7. The van der Waals surface area contributed by atoms with Gasteiger partial charge in [0.05, 0.1) is 10.3 Å². The topological polar surface area (TPSA) is 101 Å². The highest BCUT2D eigenvalue weighted by Gasteiger charge is 2.53. The third kappa shape index (κ3) is 4.38. The number of likely N-dealkylation sites (tertiary alicyclic amines) is 1. The van der Waals surface area contributed by atoms with Crippen LogP contribution in [0.3, 0.4) is 0 Å². The Labute approximate surface area is 212 Å². The van der Waals surface area contributed by atoms with Crippen LogP contribution in [0.1, 0.15) is 59.9 Å². The highest BCUT2D eigenvalue weighted by atomic mass is 35.5. The summed E-state index contributed by atoms with van der Waals surface area (Å²) in [5, 5.41) is 2.83. The van der Waals surface area contributed by atoms with E-state index in [-0.39, 0.29) is 36.7 Å². The summed E-state index contributed by atoms with van der Waals surface area (Å²) in [6, 6.07) is 2.69. The summed E-state index contributed by atoms with van der Waals surface area (Å²) in [7, 11) is 0. The molecule has 2 saturated heterocycles. The fraction of sp³-hybridized carbons (Fsp3) is 0.560. The van der Waals surface area contributed by atoms with Crippen molar-refractivity contribution >= 4 is 40.5 Å². The van der Waals surface area contributed by atoms with Crippen molar-refractivity contribution in [2.45, 2.75) is 68.0 Å². The number of halogens is 1. The lowest BCUT2D eigenvalue weighted by Gasteiger charge is -2.30. The monoisotopic (exact) mass is 514 g/mol. The van der Waals surface area contributed by atoms with Gasteiger partial charge in [0, 0.05) is 36.1 Å². The van der Waals surface area contributed by atoms with Gasteiger partial charge in [-0.25, -0.2) is 4.98 Å². The molecule has 2 aliphatic heterocycles. The van der Waals surface area contributed by atoms with Crippen molar-refractivity contribution < 1.29 is 19.1 Å². The molecule has 184 valence electrons. The smallest absolute Gasteiger partial charge is 0.280 e. The maximum atomic E-state index is 13.7. The average Bonchev–Trinajstić information content (AvgIpc) is 3.25. The Balaban J connectivity index is 1.19. The number of thiazole rings is 1. The lowest BCUT2D eigenvalue weighted by atomic mass is 9.96. The van der Waals surface area contributed by atoms with Gasteiger partial charge in [-0.1, -0.05) is 18.9 Å². The molecule has 10 heteroatoms. The second-order valence-corrected chi connectivity index (χ2v) is 11.6. The van der Waals surface area contributed by atoms with Crippen LogP contribution in [-0.2, 0) is 14.3 Å². The van der Waals surface area contributed by atoms with E-state index in [2.05, 4.69) is 15.3 Å². The molecule has 2 aromatic heterocycles. The number of pyridine rings is 1. The number of carbonyl (C=O) groups excluding carboxylic acids is 3. The highest BCUT2D eigenvalue weighted by Crippen LogP contribution is 2.39. The van der Waals surface area contributed by atoms with Crippen molar-refractivity contribution in [3.63, 3.8) is 0 Å². The van der Waals surface area contributed by atoms with E-state index >= 15 is 0 Å². The van der Waals surface area contributed by atoms with Gasteiger partial charge in [0.1, 0.15) is 24.8 Å². The lowest BCUT2D eigenvalue weighted by molar-refractivity contribution is -0.139. The molecule has 4 atom stereocenters. The highest BCUT2D eigenvalue weighted by molar-refractivity contribution is 7.17. The van der Waals surface area contributed by atoms with Gasteiger partial charge in [-0.2, -0.15) is 0 Å². The van der Waals surface area contributed by atoms with Gasteiger partial charge in [0.2, 0.25) is 5.91 Å². The molecule has 2 saturated carbocycles. The number of rotatable bonds is 6. The minimum absolute atomic E-state index is 0.0234. The molecule has 0 spiro atoms. The Bertz CT molecular complexity index is 1140. The van der Waals surface area contributed by atoms with Gasteiger partial charge in [-0.15, -0.1) is 22.9 Å². The van der Waals surface area contributed by atoms with Gasteiger partial charge < -0.3 is 15.0 Å². The fourth-order valence-electron chi connectivity index (χ4n) is 5.56. The van der Waals surface area contributed by atoms with E-state index in [0.717, 1.165) is 41.8 Å². The van der Waals surface area contributed by atoms with Crippen molar-refractivity contribution in [1.82, 2.24) is 20.2 Å². The summed E-state index contributed by atoms with van der Waals surface area (Å²) in [6.45, 7) is 0.215. The molecule has 2 aliphatic carbocycles. The van der Waals surface area contributed by atoms with Gasteiger partial charge in [-0.3, -0.25) is 19.4 Å². The number of aromatic nitrogens is 2. The standard InChI is InChI=1S/C25H27ClN4O4S/c26-16-11-30(21-18(31)12-34-22(16)21)25(33)20(14-3-1-2-4-14)29-23(32)24-28-10-19(35-24)15-7-8-17(27-9-15)13-5-6-13/h7-10,13-14,16,20-22H,1-6,11-12H2,(H,29,32)/t16-,20-,21+,22+/m0/s1. The third-order valence-electron chi connectivity index (χ3n) is 7.60. The molecule has 35 heavy (non-hydrogen) atoms. The minimum Gasteiger partial charge on any atom is -0.366 e. The molecule has 2 aromatic rings. The van der Waals surface area contributed by atoms with Crippen LogP contribution in [0.15, 0.2) is 24.5 Å². The van der Waals surface area contributed by atoms with Crippen molar-refractivity contribution in [2.75, 3.05) is 13.2 Å². The molecule has 0 aromatic carbocycles. The Hall–Kier alpha value is -2.36. The van der Waals surface area contributed by atoms with Gasteiger partial charge in [0.25, 0.3) is 5.91 Å². The van der Waals surface area contributed by atoms with Crippen LogP contribution < -0.4 is 5.32 Å². The van der Waals surface area contributed by atoms with E-state index in [1.165, 1.54) is 29.1 Å². The molecular weight excluding hydrogens is 488 g/mol. The number of fused-ring (bicyclic) bond motifs is 1. The lowest BCUT2D eigenvalue weighted by Crippen LogP contribution is -2.54. The van der Waals surface area contributed by atoms with Crippen LogP contribution in [0.5, 0.6) is 0 Å². The van der Waals surface area contributed by atoms with Crippen LogP contribution in [0, 0.1) is 5.92 Å². The Morgan fingerprint density at radius 3 is 2.66 bits per heavy atom. The summed E-state index contributed by atoms with van der Waals surface area (Å²) in [5.74, 6) is -0.146. The summed E-state index contributed by atoms with van der Waals surface area (Å²) in [6.07, 6.45) is 9.18. The largest absolute Gasteiger partial charge is 0.366 e. The van der Waals surface area contributed by atoms with E-state index in [1.54, 1.807) is 6.20 Å². The molecule has 4 heterocycles. The molecule has 4 fully saturated rings. The zero-order chi connectivity index (χ0) is 24.1. The summed E-state index contributed by atoms with van der Waals surface area (Å²) >= 11 is 7.69. The van der Waals surface area contributed by atoms with Crippen LogP contribution >= 0.6 is 22.9 Å². The Morgan fingerprint density at radius 2 is 1.94 bits per heavy atom. The summed E-state index contributed by atoms with van der Waals surface area (Å²) < 4.78 is 5.53. The van der Waals surface area contributed by atoms with Crippen molar-refractivity contribution in [1.29, 1.82) is 0 Å². The normalized spacial score (nSPS) is 27.3. The molecule has 0 bridgehead atoms. The zero-order valence-electron chi connectivity index (χ0n) is 19.2. The van der Waals surface area contributed by atoms with Crippen LogP contribution in [-0.4, -0.2) is 69.2 Å². The SMILES string of the molecule is O=C(N[C@H](C(=O)N1C[C@H](Cl)[C@H]2OCC(=O)[C@H]21)C1CCCC1)c1ncc(-c2ccc(C3CC3)nc2)s1. The Morgan fingerprint density at radius 1 is 1.14 bits per heavy atom. The summed E-state index contributed by atoms with van der Waals surface area (Å²) in [5.41, 5.74) is 2.04. The minimum atomic E-state index is -0.715. The van der Waals surface area contributed by atoms with Gasteiger partial charge in [-0.05, 0) is 37.7 Å². The van der Waals surface area contributed by atoms with Gasteiger partial charge in [0.15, 0.2) is 10.8 Å². The number of hydrogen-bond donors (Lipinski definition) is 1. The number of nitrogens with zero attached hydrogens (tertiary/aromatic N) is 3. The number of ketones is 1. The fourth-order valence-corrected chi connectivity index (χ4v) is 6.73. The zero-order valence-corrected chi connectivity index (χ0v) is 20.8. The molecule has 4 aliphatic rings. The van der Waals surface area contributed by atoms with E-state index in [1.807, 2.05) is 18.3 Å². The maximum Gasteiger partial charge on any atom is 0.280 e. The number of nitrogens with one attached hydrogen (secondary N) is 1. The number of Topliss-reactive ketones (excluding diaryl/α,β-unsaturated/α-hetero) is 1. The first-order valence-corrected chi connectivity index (χ1v) is 13.6. The second-order valence-electron chi connectivity index (χ2n) is 9.96. The number of carbonyl (C=O) groups is 3. The molecule has 6 rings (SSSR count). The molecule has 0 radical (unpaired) electrons. The number of alkyl halides is 1. The molecule has 2 amide bonds. The van der Waals surface area contributed by atoms with Crippen molar-refractivity contribution in [3.8, 4) is 10.4 Å². The quantitative estimate of drug-likeness (QED) is 0.594. The Kier molecular flexibility index (Phi) is 6.10. The van der Waals surface area contributed by atoms with E-state index < -0.39 is 23.6 Å². The third-order valence-corrected chi connectivity index (χ3v) is 9.03. The first-order chi connectivity index (χ1) is 17.0. The molecule has 1 N–H and O–H groups in total. The summed E-state index contributed by atoms with van der Waals surface area (Å²) in [4.78, 5) is 50.6. The van der Waals surface area contributed by atoms with E-state index in [9.17, 15) is 14.4 Å². The van der Waals surface area contributed by atoms with Gasteiger partial charge >= 0.3 is 0 Å². The predicted octanol–water partition coefficient (Wildman–Crippen LogP) is 3.16.